The summed E-state index contributed by atoms with van der Waals surface area (Å²) in [5.41, 5.74) is 0.380. The van der Waals surface area contributed by atoms with Crippen LogP contribution in [0, 0.1) is 0 Å². The van der Waals surface area contributed by atoms with Crippen LogP contribution in [0.4, 0.5) is 0 Å². The molecule has 36 heavy (non-hydrogen) atoms. The van der Waals surface area contributed by atoms with Crippen molar-refractivity contribution in [3.8, 4) is 0 Å². The maximum atomic E-state index is 12.4. The van der Waals surface area contributed by atoms with Crippen LogP contribution >= 0.6 is 15.6 Å². The van der Waals surface area contributed by atoms with Crippen molar-refractivity contribution in [2.24, 2.45) is 0 Å². The Hall–Kier alpha value is -1.19. The predicted molar refractivity (Wildman–Crippen MR) is 122 cm³/mol. The molecule has 0 aliphatic carbocycles. The molecule has 0 spiro atoms. The van der Waals surface area contributed by atoms with E-state index in [2.05, 4.69) is 16.2 Å². The highest BCUT2D eigenvalue weighted by Gasteiger charge is 2.46. The maximum absolute atomic E-state index is 12.4. The number of carbonyl (C=O) groups is 1. The molecule has 0 aromatic heterocycles. The summed E-state index contributed by atoms with van der Waals surface area (Å²) in [4.78, 5) is 34.9. The lowest BCUT2D eigenvalue weighted by Gasteiger charge is -2.40. The van der Waals surface area contributed by atoms with Crippen molar-refractivity contribution in [2.75, 3.05) is 20.7 Å². The molecule has 1 amide bonds. The summed E-state index contributed by atoms with van der Waals surface area (Å²) in [6.07, 6.45) is -4.44. The van der Waals surface area contributed by atoms with E-state index >= 15 is 0 Å². The summed E-state index contributed by atoms with van der Waals surface area (Å²) in [5.74, 6) is -0.113. The third kappa shape index (κ3) is 7.22. The summed E-state index contributed by atoms with van der Waals surface area (Å²) in [6.45, 7) is 6.29. The Morgan fingerprint density at radius 2 is 1.89 bits per heavy atom. The molecular formula is C19H33N3O12P2. The molecule has 3 rings (SSSR count). The van der Waals surface area contributed by atoms with Crippen LogP contribution in [-0.4, -0.2) is 99.4 Å². The van der Waals surface area contributed by atoms with E-state index in [1.54, 1.807) is 32.8 Å². The molecule has 0 radical (unpaired) electrons. The molecule has 3 aliphatic heterocycles. The van der Waals surface area contributed by atoms with Gasteiger partial charge in [-0.2, -0.15) is 4.31 Å². The summed E-state index contributed by atoms with van der Waals surface area (Å²) in [5, 5.41) is 23.3. The first-order valence-electron chi connectivity index (χ1n) is 11.1. The van der Waals surface area contributed by atoms with E-state index in [1.807, 2.05) is 0 Å². The monoisotopic (exact) mass is 557 g/mol. The van der Waals surface area contributed by atoms with Crippen molar-refractivity contribution in [2.45, 2.75) is 69.7 Å². The van der Waals surface area contributed by atoms with Crippen molar-refractivity contribution in [3.63, 3.8) is 0 Å². The van der Waals surface area contributed by atoms with E-state index in [9.17, 15) is 33.9 Å². The van der Waals surface area contributed by atoms with Crippen molar-refractivity contribution in [1.82, 2.24) is 15.1 Å². The largest absolute Gasteiger partial charge is 0.483 e. The lowest BCUT2D eigenvalue weighted by atomic mass is 9.99. The fourth-order valence-electron chi connectivity index (χ4n) is 4.03. The second-order valence-electron chi connectivity index (χ2n) is 9.04. The number of nitrogens with zero attached hydrogens (tertiary/aromatic N) is 2. The number of aliphatic hydroxyl groups excluding tert-OH is 2. The van der Waals surface area contributed by atoms with Crippen LogP contribution in [0.2, 0.25) is 0 Å². The zero-order valence-electron chi connectivity index (χ0n) is 20.3. The molecule has 5 N–H and O–H groups in total. The van der Waals surface area contributed by atoms with Gasteiger partial charge in [0, 0.05) is 24.2 Å². The number of hydrogen-bond donors (Lipinski definition) is 5. The molecule has 5 unspecified atom stereocenters. The van der Waals surface area contributed by atoms with Crippen LogP contribution in [0.15, 0.2) is 24.2 Å². The summed E-state index contributed by atoms with van der Waals surface area (Å²) in [6, 6.07) is -0.465. The number of amides is 1. The highest BCUT2D eigenvalue weighted by atomic mass is 31.3. The van der Waals surface area contributed by atoms with Crippen molar-refractivity contribution >= 4 is 21.6 Å². The lowest BCUT2D eigenvalue weighted by Crippen LogP contribution is -2.53. The Morgan fingerprint density at radius 3 is 2.53 bits per heavy atom. The third-order valence-corrected chi connectivity index (χ3v) is 8.50. The number of carbonyl (C=O) groups excluding carboxylic acids is 1. The molecule has 17 heteroatoms. The SMILES string of the molecule is C=C1NC(=O)C(C)=CN1[C@H]1CC(O)[C@@H](COP(=O)(O)OP(=O)(O)O[C@@H]2OC(C)C[C@H](N(C)C)C2O)O1. The van der Waals surface area contributed by atoms with Crippen molar-refractivity contribution in [1.29, 1.82) is 0 Å². The minimum Gasteiger partial charge on any atom is -0.390 e. The summed E-state index contributed by atoms with van der Waals surface area (Å²) < 4.78 is 49.7. The van der Waals surface area contributed by atoms with Gasteiger partial charge in [0.25, 0.3) is 5.91 Å². The van der Waals surface area contributed by atoms with E-state index in [0.717, 1.165) is 0 Å². The van der Waals surface area contributed by atoms with Gasteiger partial charge in [0.1, 0.15) is 24.3 Å². The molecule has 3 heterocycles. The van der Waals surface area contributed by atoms with Gasteiger partial charge in [0.15, 0.2) is 6.29 Å². The number of phosphoric acid groups is 2. The Balaban J connectivity index is 1.56. The number of aliphatic hydroxyl groups is 2. The van der Waals surface area contributed by atoms with Crippen LogP contribution in [0.5, 0.6) is 0 Å². The molecule has 2 fully saturated rings. The van der Waals surface area contributed by atoms with Gasteiger partial charge in [-0.1, -0.05) is 6.58 Å². The number of phosphoric ester groups is 2. The average Bonchev–Trinajstić information content (AvgIpc) is 3.10. The fraction of sp³-hybridized carbons (Fsp3) is 0.737. The zero-order chi connectivity index (χ0) is 27.0. The Morgan fingerprint density at radius 1 is 1.22 bits per heavy atom. The highest BCUT2D eigenvalue weighted by Crippen LogP contribution is 2.61. The number of nitrogens with one attached hydrogen (secondary N) is 1. The van der Waals surface area contributed by atoms with Crippen molar-refractivity contribution in [3.05, 3.63) is 24.2 Å². The van der Waals surface area contributed by atoms with Gasteiger partial charge in [-0.25, -0.2) is 9.13 Å². The molecule has 0 aromatic carbocycles. The van der Waals surface area contributed by atoms with E-state index in [-0.39, 0.29) is 18.1 Å². The average molecular weight is 557 g/mol. The van der Waals surface area contributed by atoms with E-state index in [4.69, 9.17) is 18.5 Å². The Labute approximate surface area is 208 Å². The molecule has 3 aliphatic rings. The molecule has 206 valence electrons. The molecular weight excluding hydrogens is 524 g/mol. The van der Waals surface area contributed by atoms with Crippen LogP contribution < -0.4 is 5.32 Å². The van der Waals surface area contributed by atoms with Gasteiger partial charge in [-0.3, -0.25) is 13.8 Å². The molecule has 9 atom stereocenters. The van der Waals surface area contributed by atoms with Crippen molar-refractivity contribution < 1.29 is 56.8 Å². The minimum atomic E-state index is -5.25. The predicted octanol–water partition coefficient (Wildman–Crippen LogP) is -0.0543. The quantitative estimate of drug-likeness (QED) is 0.237. The second kappa shape index (κ2) is 11.3. The topological polar surface area (TPSA) is 197 Å². The number of ether oxygens (including phenoxy) is 2. The normalized spacial score (nSPS) is 36.9. The van der Waals surface area contributed by atoms with Crippen LogP contribution in [0.25, 0.3) is 0 Å². The lowest BCUT2D eigenvalue weighted by molar-refractivity contribution is -0.222. The Bertz CT molecular complexity index is 977. The minimum absolute atomic E-state index is 0.0486. The standard InChI is InChI=1S/C19H33N3O12P2/c1-10-8-22(12(3)20-18(10)25)16-7-14(23)15(32-16)9-30-35(26,27)34-36(28,29)33-19-17(24)13(21(4)5)6-11(2)31-19/h8,11,13-17,19,23-24H,3,6-7,9H2,1-2,4-5H3,(H,20,25)(H,26,27)(H,28,29)/t11?,13-,14?,15+,16+,17?,19-/m0/s1. The van der Waals surface area contributed by atoms with Gasteiger partial charge in [0.05, 0.1) is 18.8 Å². The van der Waals surface area contributed by atoms with E-state index in [0.29, 0.717) is 12.0 Å². The molecule has 2 saturated heterocycles. The van der Waals surface area contributed by atoms with Gasteiger partial charge in [-0.15, -0.1) is 0 Å². The van der Waals surface area contributed by atoms with Gasteiger partial charge >= 0.3 is 15.6 Å². The number of likely N-dealkylation sites (N-methyl/N-ethyl adjacent to an activating group) is 1. The third-order valence-electron chi connectivity index (χ3n) is 5.90. The first kappa shape index (κ1) is 29.4. The van der Waals surface area contributed by atoms with E-state index < -0.39 is 65.2 Å². The van der Waals surface area contributed by atoms with Crippen LogP contribution in [0.3, 0.4) is 0 Å². The molecule has 0 bridgehead atoms. The van der Waals surface area contributed by atoms with Crippen LogP contribution in [0.1, 0.15) is 26.7 Å². The van der Waals surface area contributed by atoms with Crippen LogP contribution in [-0.2, 0) is 36.8 Å². The molecule has 0 aromatic rings. The highest BCUT2D eigenvalue weighted by molar-refractivity contribution is 7.61. The fourth-order valence-corrected chi connectivity index (χ4v) is 6.19. The maximum Gasteiger partial charge on any atom is 0.483 e. The Kier molecular flexibility index (Phi) is 9.20. The molecule has 0 saturated carbocycles. The second-order valence-corrected chi connectivity index (χ2v) is 12.0. The number of hydrogen-bond acceptors (Lipinski definition) is 12. The first-order valence-corrected chi connectivity index (χ1v) is 14.1. The summed E-state index contributed by atoms with van der Waals surface area (Å²) >= 11 is 0. The zero-order valence-corrected chi connectivity index (χ0v) is 22.1. The number of rotatable bonds is 9. The summed E-state index contributed by atoms with van der Waals surface area (Å²) in [7, 11) is -7.03. The molecule has 15 nitrogen and oxygen atoms in total. The van der Waals surface area contributed by atoms with Gasteiger partial charge < -0.3 is 44.6 Å². The smallest absolute Gasteiger partial charge is 0.390 e. The van der Waals surface area contributed by atoms with Gasteiger partial charge in [0.2, 0.25) is 0 Å². The van der Waals surface area contributed by atoms with E-state index in [1.165, 1.54) is 11.1 Å². The first-order chi connectivity index (χ1) is 16.6. The van der Waals surface area contributed by atoms with Gasteiger partial charge in [-0.05, 0) is 34.4 Å².